The van der Waals surface area contributed by atoms with E-state index in [9.17, 15) is 0 Å². The quantitative estimate of drug-likeness (QED) is 0.589. The van der Waals surface area contributed by atoms with Gasteiger partial charge in [-0.2, -0.15) is 0 Å². The first-order valence-electron chi connectivity index (χ1n) is 4.33. The van der Waals surface area contributed by atoms with Crippen molar-refractivity contribution in [2.45, 2.75) is 25.0 Å². The molecule has 0 aromatic carbocycles. The van der Waals surface area contributed by atoms with Crippen molar-refractivity contribution in [1.82, 2.24) is 0 Å². The molecular weight excluding hydrogens is 142 g/mol. The van der Waals surface area contributed by atoms with E-state index in [1.807, 2.05) is 0 Å². The average molecular weight is 157 g/mol. The predicted molar refractivity (Wildman–Crippen MR) is 41.3 cm³/mol. The summed E-state index contributed by atoms with van der Waals surface area (Å²) >= 11 is 0. The Balaban J connectivity index is 1.91. The highest BCUT2D eigenvalue weighted by Gasteiger charge is 2.34. The van der Waals surface area contributed by atoms with Gasteiger partial charge in [0.15, 0.2) is 0 Å². The van der Waals surface area contributed by atoms with Crippen molar-refractivity contribution >= 4 is 0 Å². The molecule has 0 amide bonds. The molecular formula is C8H15NO2. The maximum absolute atomic E-state index is 5.71. The van der Waals surface area contributed by atoms with Crippen LogP contribution in [0.1, 0.15) is 12.8 Å². The zero-order valence-electron chi connectivity index (χ0n) is 6.66. The minimum Gasteiger partial charge on any atom is -0.378 e. The van der Waals surface area contributed by atoms with Gasteiger partial charge in [0.05, 0.1) is 25.4 Å². The van der Waals surface area contributed by atoms with Crippen molar-refractivity contribution in [1.29, 1.82) is 0 Å². The molecule has 2 heterocycles. The molecule has 0 aromatic heterocycles. The van der Waals surface area contributed by atoms with Crippen LogP contribution in [0.3, 0.4) is 0 Å². The summed E-state index contributed by atoms with van der Waals surface area (Å²) in [4.78, 5) is 0. The van der Waals surface area contributed by atoms with Gasteiger partial charge >= 0.3 is 0 Å². The molecule has 0 aliphatic carbocycles. The summed E-state index contributed by atoms with van der Waals surface area (Å²) in [5, 5.41) is 0. The van der Waals surface area contributed by atoms with Gasteiger partial charge in [0.25, 0.3) is 0 Å². The Bertz CT molecular complexity index is 140. The molecule has 0 radical (unpaired) electrons. The first kappa shape index (κ1) is 7.53. The van der Waals surface area contributed by atoms with Crippen LogP contribution in [0, 0.1) is 5.92 Å². The van der Waals surface area contributed by atoms with Gasteiger partial charge in [-0.05, 0) is 12.8 Å². The second kappa shape index (κ2) is 3.09. The highest BCUT2D eigenvalue weighted by Crippen LogP contribution is 2.29. The van der Waals surface area contributed by atoms with Crippen LogP contribution in [0.15, 0.2) is 0 Å². The van der Waals surface area contributed by atoms with Crippen LogP contribution in [0.2, 0.25) is 0 Å². The van der Waals surface area contributed by atoms with Crippen molar-refractivity contribution in [3.63, 3.8) is 0 Å². The fourth-order valence-corrected chi connectivity index (χ4v) is 1.89. The number of ether oxygens (including phenoxy) is 2. The van der Waals surface area contributed by atoms with Crippen molar-refractivity contribution < 1.29 is 9.47 Å². The summed E-state index contributed by atoms with van der Waals surface area (Å²) in [7, 11) is 0. The van der Waals surface area contributed by atoms with Crippen molar-refractivity contribution in [3.8, 4) is 0 Å². The van der Waals surface area contributed by atoms with E-state index in [1.165, 1.54) is 6.42 Å². The number of rotatable bonds is 1. The highest BCUT2D eigenvalue weighted by atomic mass is 16.6. The van der Waals surface area contributed by atoms with Crippen LogP contribution >= 0.6 is 0 Å². The monoisotopic (exact) mass is 157 g/mol. The van der Waals surface area contributed by atoms with Crippen LogP contribution in [0.5, 0.6) is 0 Å². The molecule has 0 saturated carbocycles. The third-order valence-electron chi connectivity index (χ3n) is 2.63. The lowest BCUT2D eigenvalue weighted by atomic mass is 9.94. The summed E-state index contributed by atoms with van der Waals surface area (Å²) in [5.74, 6) is 0.651. The van der Waals surface area contributed by atoms with Gasteiger partial charge in [0.1, 0.15) is 0 Å². The van der Waals surface area contributed by atoms with E-state index >= 15 is 0 Å². The number of nitrogens with two attached hydrogens (primary N) is 1. The van der Waals surface area contributed by atoms with Crippen LogP contribution in [-0.4, -0.2) is 32.0 Å². The van der Waals surface area contributed by atoms with E-state index in [2.05, 4.69) is 0 Å². The normalized spacial score (nSPS) is 43.9. The lowest BCUT2D eigenvalue weighted by Crippen LogP contribution is -2.37. The third kappa shape index (κ3) is 1.41. The molecule has 2 saturated heterocycles. The maximum Gasteiger partial charge on any atom is 0.0862 e. The number of fused-ring (bicyclic) bond motifs is 1. The largest absolute Gasteiger partial charge is 0.378 e. The first-order chi connectivity index (χ1) is 5.40. The van der Waals surface area contributed by atoms with Crippen molar-refractivity contribution in [2.75, 3.05) is 19.8 Å². The van der Waals surface area contributed by atoms with Gasteiger partial charge in [-0.3, -0.25) is 0 Å². The highest BCUT2D eigenvalue weighted by molar-refractivity contribution is 4.82. The molecule has 64 valence electrons. The van der Waals surface area contributed by atoms with Crippen molar-refractivity contribution in [2.24, 2.45) is 11.7 Å². The SMILES string of the molecule is NCC1CCC2COCC2O1. The molecule has 0 aromatic rings. The standard InChI is InChI=1S/C8H15NO2/c9-3-7-2-1-6-4-10-5-8(6)11-7/h6-8H,1-5,9H2. The van der Waals surface area contributed by atoms with Gasteiger partial charge in [-0.15, -0.1) is 0 Å². The molecule has 3 atom stereocenters. The van der Waals surface area contributed by atoms with E-state index < -0.39 is 0 Å². The smallest absolute Gasteiger partial charge is 0.0862 e. The molecule has 2 rings (SSSR count). The Morgan fingerprint density at radius 1 is 1.27 bits per heavy atom. The van der Waals surface area contributed by atoms with E-state index in [-0.39, 0.29) is 6.10 Å². The van der Waals surface area contributed by atoms with Gasteiger partial charge in [0, 0.05) is 12.5 Å². The molecule has 0 bridgehead atoms. The maximum atomic E-state index is 5.71. The first-order valence-corrected chi connectivity index (χ1v) is 4.33. The molecule has 2 fully saturated rings. The van der Waals surface area contributed by atoms with Gasteiger partial charge in [0.2, 0.25) is 0 Å². The molecule has 11 heavy (non-hydrogen) atoms. The fourth-order valence-electron chi connectivity index (χ4n) is 1.89. The zero-order chi connectivity index (χ0) is 7.68. The van der Waals surface area contributed by atoms with Crippen LogP contribution in [-0.2, 0) is 9.47 Å². The van der Waals surface area contributed by atoms with E-state index in [0.717, 1.165) is 19.6 Å². The molecule has 3 nitrogen and oxygen atoms in total. The minimum absolute atomic E-state index is 0.290. The molecule has 0 spiro atoms. The van der Waals surface area contributed by atoms with Crippen molar-refractivity contribution in [3.05, 3.63) is 0 Å². The summed E-state index contributed by atoms with van der Waals surface area (Å²) in [6.45, 7) is 2.33. The molecule has 2 aliphatic heterocycles. The number of hydrogen-bond donors (Lipinski definition) is 1. The Morgan fingerprint density at radius 2 is 2.18 bits per heavy atom. The molecule has 2 aliphatic rings. The van der Waals surface area contributed by atoms with Crippen LogP contribution in [0.4, 0.5) is 0 Å². The van der Waals surface area contributed by atoms with E-state index in [4.69, 9.17) is 15.2 Å². The zero-order valence-corrected chi connectivity index (χ0v) is 6.66. The predicted octanol–water partition coefficient (Wildman–Crippen LogP) is 0.139. The summed E-state index contributed by atoms with van der Waals surface area (Å²) in [5.41, 5.74) is 5.52. The molecule has 3 heteroatoms. The Labute approximate surface area is 66.8 Å². The van der Waals surface area contributed by atoms with E-state index in [1.54, 1.807) is 0 Å². The van der Waals surface area contributed by atoms with Gasteiger partial charge < -0.3 is 15.2 Å². The lowest BCUT2D eigenvalue weighted by Gasteiger charge is -2.30. The summed E-state index contributed by atoms with van der Waals surface area (Å²) < 4.78 is 11.0. The van der Waals surface area contributed by atoms with Gasteiger partial charge in [-0.25, -0.2) is 0 Å². The topological polar surface area (TPSA) is 44.5 Å². The Hall–Kier alpha value is -0.120. The fraction of sp³-hybridized carbons (Fsp3) is 1.00. The van der Waals surface area contributed by atoms with E-state index in [0.29, 0.717) is 18.6 Å². The number of hydrogen-bond acceptors (Lipinski definition) is 3. The second-order valence-corrected chi connectivity index (χ2v) is 3.41. The van der Waals surface area contributed by atoms with Crippen LogP contribution < -0.4 is 5.73 Å². The molecule has 3 unspecified atom stereocenters. The average Bonchev–Trinajstić information content (AvgIpc) is 2.50. The third-order valence-corrected chi connectivity index (χ3v) is 2.63. The minimum atomic E-state index is 0.290. The summed E-state index contributed by atoms with van der Waals surface area (Å²) in [6, 6.07) is 0. The van der Waals surface area contributed by atoms with Crippen LogP contribution in [0.25, 0.3) is 0 Å². The Morgan fingerprint density at radius 3 is 3.00 bits per heavy atom. The van der Waals surface area contributed by atoms with Gasteiger partial charge in [-0.1, -0.05) is 0 Å². The molecule has 2 N–H and O–H groups in total. The summed E-state index contributed by atoms with van der Waals surface area (Å²) in [6.07, 6.45) is 2.98. The second-order valence-electron chi connectivity index (χ2n) is 3.41. The Kier molecular flexibility index (Phi) is 2.11. The lowest BCUT2D eigenvalue weighted by molar-refractivity contribution is -0.0605.